The zero-order chi connectivity index (χ0) is 20.0. The molecule has 0 atom stereocenters. The molecule has 0 aromatic heterocycles. The first-order chi connectivity index (χ1) is 12.8. The summed E-state index contributed by atoms with van der Waals surface area (Å²) in [6.07, 6.45) is 0. The van der Waals surface area contributed by atoms with Crippen molar-refractivity contribution < 1.29 is 22.7 Å². The van der Waals surface area contributed by atoms with Gasteiger partial charge in [0.05, 0.1) is 24.8 Å². The van der Waals surface area contributed by atoms with E-state index in [-0.39, 0.29) is 16.4 Å². The van der Waals surface area contributed by atoms with Crippen LogP contribution in [0.5, 0.6) is 11.5 Å². The van der Waals surface area contributed by atoms with E-state index < -0.39 is 15.9 Å². The molecule has 0 saturated heterocycles. The fourth-order valence-corrected chi connectivity index (χ4v) is 3.53. The number of hydrogen-bond acceptors (Lipinski definition) is 5. The topological polar surface area (TPSA) is 93.7 Å². The van der Waals surface area contributed by atoms with Gasteiger partial charge in [-0.15, -0.1) is 0 Å². The molecule has 0 aliphatic heterocycles. The van der Waals surface area contributed by atoms with Crippen LogP contribution in [0.15, 0.2) is 47.4 Å². The molecule has 0 bridgehead atoms. The number of benzene rings is 2. The Morgan fingerprint density at radius 1 is 1.07 bits per heavy atom. The lowest BCUT2D eigenvalue weighted by Gasteiger charge is -2.13. The molecular weight excluding hydrogens is 368 g/mol. The van der Waals surface area contributed by atoms with Gasteiger partial charge in [0, 0.05) is 18.2 Å². The van der Waals surface area contributed by atoms with Crippen LogP contribution >= 0.6 is 0 Å². The summed E-state index contributed by atoms with van der Waals surface area (Å²) < 4.78 is 37.7. The number of hydrogen-bond donors (Lipinski definition) is 2. The van der Waals surface area contributed by atoms with E-state index in [1.54, 1.807) is 24.3 Å². The molecule has 146 valence electrons. The molecular formula is C19H24N2O5S. The summed E-state index contributed by atoms with van der Waals surface area (Å²) in [5.41, 5.74) is 0.639. The van der Waals surface area contributed by atoms with Crippen LogP contribution in [0.3, 0.4) is 0 Å². The van der Waals surface area contributed by atoms with Crippen LogP contribution in [-0.2, 0) is 10.0 Å². The normalized spacial score (nSPS) is 11.3. The van der Waals surface area contributed by atoms with E-state index in [0.29, 0.717) is 23.7 Å². The zero-order valence-corrected chi connectivity index (χ0v) is 16.6. The average Bonchev–Trinajstić information content (AvgIpc) is 2.66. The molecule has 0 radical (unpaired) electrons. The summed E-state index contributed by atoms with van der Waals surface area (Å²) in [6, 6.07) is 10.9. The maximum Gasteiger partial charge on any atom is 0.255 e. The third-order valence-electron chi connectivity index (χ3n) is 3.74. The number of nitrogens with one attached hydrogen (secondary N) is 2. The van der Waals surface area contributed by atoms with Gasteiger partial charge in [0.15, 0.2) is 0 Å². The van der Waals surface area contributed by atoms with Crippen LogP contribution in [0.2, 0.25) is 0 Å². The Kier molecular flexibility index (Phi) is 6.81. The lowest BCUT2D eigenvalue weighted by Crippen LogP contribution is -2.27. The van der Waals surface area contributed by atoms with Crippen molar-refractivity contribution in [1.29, 1.82) is 0 Å². The zero-order valence-electron chi connectivity index (χ0n) is 15.8. The standard InChI is InChI=1S/C19H24N2O5S/c1-13(2)12-20-27(23,24)16-7-5-6-14(10-16)19(22)21-17-11-15(25-3)8-9-18(17)26-4/h5-11,13,20H,12H2,1-4H3,(H,21,22). The second-order valence-corrected chi connectivity index (χ2v) is 8.06. The van der Waals surface area contributed by atoms with Crippen LogP contribution in [-0.4, -0.2) is 35.1 Å². The molecule has 0 saturated carbocycles. The molecule has 0 aliphatic rings. The Balaban J connectivity index is 2.26. The second-order valence-electron chi connectivity index (χ2n) is 6.29. The van der Waals surface area contributed by atoms with Gasteiger partial charge in [-0.1, -0.05) is 19.9 Å². The highest BCUT2D eigenvalue weighted by Gasteiger charge is 2.17. The van der Waals surface area contributed by atoms with E-state index in [1.807, 2.05) is 13.8 Å². The van der Waals surface area contributed by atoms with Gasteiger partial charge in [-0.2, -0.15) is 0 Å². The van der Waals surface area contributed by atoms with Crippen LogP contribution in [0.1, 0.15) is 24.2 Å². The van der Waals surface area contributed by atoms with Gasteiger partial charge in [0.25, 0.3) is 5.91 Å². The Hall–Kier alpha value is -2.58. The molecule has 1 amide bonds. The number of rotatable bonds is 8. The smallest absolute Gasteiger partial charge is 0.255 e. The van der Waals surface area contributed by atoms with E-state index >= 15 is 0 Å². The van der Waals surface area contributed by atoms with Gasteiger partial charge in [-0.05, 0) is 36.2 Å². The third-order valence-corrected chi connectivity index (χ3v) is 5.16. The third kappa shape index (κ3) is 5.45. The molecule has 0 spiro atoms. The van der Waals surface area contributed by atoms with Gasteiger partial charge in [-0.3, -0.25) is 4.79 Å². The predicted molar refractivity (Wildman–Crippen MR) is 104 cm³/mol. The van der Waals surface area contributed by atoms with E-state index in [1.165, 1.54) is 32.4 Å². The van der Waals surface area contributed by atoms with Crippen LogP contribution in [0.25, 0.3) is 0 Å². The first-order valence-electron chi connectivity index (χ1n) is 8.40. The van der Waals surface area contributed by atoms with Crippen LogP contribution in [0.4, 0.5) is 5.69 Å². The Labute approximate surface area is 159 Å². The maximum absolute atomic E-state index is 12.6. The summed E-state index contributed by atoms with van der Waals surface area (Å²) in [5.74, 6) is 0.737. The first-order valence-corrected chi connectivity index (χ1v) is 9.88. The van der Waals surface area contributed by atoms with E-state index in [9.17, 15) is 13.2 Å². The monoisotopic (exact) mass is 392 g/mol. The number of anilines is 1. The molecule has 0 aliphatic carbocycles. The number of carbonyl (C=O) groups is 1. The summed E-state index contributed by atoms with van der Waals surface area (Å²) >= 11 is 0. The lowest BCUT2D eigenvalue weighted by atomic mass is 10.2. The Morgan fingerprint density at radius 2 is 1.81 bits per heavy atom. The molecule has 2 rings (SSSR count). The molecule has 2 aromatic rings. The largest absolute Gasteiger partial charge is 0.497 e. The fraction of sp³-hybridized carbons (Fsp3) is 0.316. The van der Waals surface area contributed by atoms with Gasteiger partial charge >= 0.3 is 0 Å². The van der Waals surface area contributed by atoms with Crippen molar-refractivity contribution in [2.75, 3.05) is 26.1 Å². The summed E-state index contributed by atoms with van der Waals surface area (Å²) in [6.45, 7) is 4.14. The van der Waals surface area contributed by atoms with Crippen molar-refractivity contribution in [2.45, 2.75) is 18.7 Å². The highest BCUT2D eigenvalue weighted by Crippen LogP contribution is 2.29. The van der Waals surface area contributed by atoms with Crippen molar-refractivity contribution in [3.63, 3.8) is 0 Å². The van der Waals surface area contributed by atoms with Crippen molar-refractivity contribution in [2.24, 2.45) is 5.92 Å². The van der Waals surface area contributed by atoms with Crippen molar-refractivity contribution in [3.05, 3.63) is 48.0 Å². The Morgan fingerprint density at radius 3 is 2.44 bits per heavy atom. The molecule has 2 N–H and O–H groups in total. The molecule has 0 unspecified atom stereocenters. The molecule has 8 heteroatoms. The number of carbonyl (C=O) groups excluding carboxylic acids is 1. The van der Waals surface area contributed by atoms with Gasteiger partial charge in [0.2, 0.25) is 10.0 Å². The van der Waals surface area contributed by atoms with Crippen molar-refractivity contribution >= 4 is 21.6 Å². The average molecular weight is 392 g/mol. The predicted octanol–water partition coefficient (Wildman–Crippen LogP) is 2.89. The minimum Gasteiger partial charge on any atom is -0.497 e. The van der Waals surface area contributed by atoms with Gasteiger partial charge < -0.3 is 14.8 Å². The van der Waals surface area contributed by atoms with Crippen molar-refractivity contribution in [1.82, 2.24) is 4.72 Å². The van der Waals surface area contributed by atoms with E-state index in [0.717, 1.165) is 0 Å². The van der Waals surface area contributed by atoms with E-state index in [4.69, 9.17) is 9.47 Å². The maximum atomic E-state index is 12.6. The van der Waals surface area contributed by atoms with Crippen molar-refractivity contribution in [3.8, 4) is 11.5 Å². The summed E-state index contributed by atoms with van der Waals surface area (Å²) in [5, 5.41) is 2.72. The first kappa shape index (κ1) is 20.7. The second kappa shape index (κ2) is 8.88. The Bertz CT molecular complexity index is 910. The number of ether oxygens (including phenoxy) is 2. The quantitative estimate of drug-likeness (QED) is 0.720. The number of sulfonamides is 1. The molecule has 2 aromatic carbocycles. The van der Waals surface area contributed by atoms with Crippen LogP contribution < -0.4 is 19.5 Å². The molecule has 27 heavy (non-hydrogen) atoms. The summed E-state index contributed by atoms with van der Waals surface area (Å²) in [4.78, 5) is 12.6. The highest BCUT2D eigenvalue weighted by molar-refractivity contribution is 7.89. The molecule has 0 heterocycles. The SMILES string of the molecule is COc1ccc(OC)c(NC(=O)c2cccc(S(=O)(=O)NCC(C)C)c2)c1. The minimum atomic E-state index is -3.68. The highest BCUT2D eigenvalue weighted by atomic mass is 32.2. The lowest BCUT2D eigenvalue weighted by molar-refractivity contribution is 0.102. The van der Waals surface area contributed by atoms with Gasteiger partial charge in [0.1, 0.15) is 11.5 Å². The molecule has 0 fully saturated rings. The fourth-order valence-electron chi connectivity index (χ4n) is 2.27. The summed E-state index contributed by atoms with van der Waals surface area (Å²) in [7, 11) is -0.672. The van der Waals surface area contributed by atoms with Gasteiger partial charge in [-0.25, -0.2) is 13.1 Å². The van der Waals surface area contributed by atoms with Crippen LogP contribution in [0, 0.1) is 5.92 Å². The van der Waals surface area contributed by atoms with E-state index in [2.05, 4.69) is 10.0 Å². The minimum absolute atomic E-state index is 0.0356. The number of methoxy groups -OCH3 is 2. The number of amides is 1. The molecule has 7 nitrogen and oxygen atoms in total.